The summed E-state index contributed by atoms with van der Waals surface area (Å²) in [6.07, 6.45) is 0. The van der Waals surface area contributed by atoms with E-state index in [0.717, 1.165) is 121 Å². The molecule has 0 atom stereocenters. The smallest absolute Gasteiger partial charge is 0.244 e. The molecule has 13 aromatic carbocycles. The van der Waals surface area contributed by atoms with E-state index in [9.17, 15) is 15.8 Å². The van der Waals surface area contributed by atoms with Crippen molar-refractivity contribution >= 4 is 138 Å². The van der Waals surface area contributed by atoms with Crippen molar-refractivity contribution in [2.24, 2.45) is 0 Å². The van der Waals surface area contributed by atoms with Crippen molar-refractivity contribution in [3.8, 4) is 63.2 Å². The van der Waals surface area contributed by atoms with Gasteiger partial charge in [0.05, 0.1) is 85.6 Å². The van der Waals surface area contributed by atoms with Crippen LogP contribution in [0.25, 0.3) is 159 Å². The van der Waals surface area contributed by atoms with Crippen LogP contribution in [0.2, 0.25) is 0 Å². The molecule has 0 amide bonds. The van der Waals surface area contributed by atoms with Crippen LogP contribution in [0.15, 0.2) is 231 Å². The third-order valence-corrected chi connectivity index (χ3v) is 19.9. The van der Waals surface area contributed by atoms with Gasteiger partial charge in [0.15, 0.2) is 5.69 Å². The Hall–Kier alpha value is -12.4. The first-order chi connectivity index (χ1) is 44.6. The lowest BCUT2D eigenvalue weighted by Gasteiger charge is -2.36. The highest BCUT2D eigenvalue weighted by atomic mass is 15.0. The molecule has 8 nitrogen and oxygen atoms in total. The molecule has 0 bridgehead atoms. The summed E-state index contributed by atoms with van der Waals surface area (Å²) in [5.41, 5.74) is 24.1. The molecule has 2 aliphatic heterocycles. The van der Waals surface area contributed by atoms with E-state index in [2.05, 4.69) is 244 Å². The maximum Gasteiger partial charge on any atom is 0.244 e. The number of hydrogen-bond donors (Lipinski definition) is 0. The van der Waals surface area contributed by atoms with Crippen LogP contribution in [0.4, 0.5) is 5.69 Å². The molecule has 91 heavy (non-hydrogen) atoms. The lowest BCUT2D eigenvalue weighted by atomic mass is 9.30. The summed E-state index contributed by atoms with van der Waals surface area (Å²) in [5.74, 6) is 0. The second-order valence-corrected chi connectivity index (χ2v) is 25.5. The van der Waals surface area contributed by atoms with Gasteiger partial charge in [-0.2, -0.15) is 15.8 Å². The molecule has 0 fully saturated rings. The van der Waals surface area contributed by atoms with Gasteiger partial charge in [-0.1, -0.05) is 134 Å². The summed E-state index contributed by atoms with van der Waals surface area (Å²) in [4.78, 5) is 3.82. The van der Waals surface area contributed by atoms with E-state index in [4.69, 9.17) is 6.57 Å². The molecule has 9 heteroatoms. The highest BCUT2D eigenvalue weighted by molar-refractivity contribution is 7.02. The lowest BCUT2D eigenvalue weighted by Crippen LogP contribution is -2.57. The minimum absolute atomic E-state index is 0.276. The largest absolute Gasteiger partial charge is 0.309 e. The monoisotopic (exact) mass is 1150 g/mol. The number of nitriles is 3. The van der Waals surface area contributed by atoms with Crippen molar-refractivity contribution in [2.45, 2.75) is 26.2 Å². The minimum Gasteiger partial charge on any atom is -0.309 e. The van der Waals surface area contributed by atoms with Crippen molar-refractivity contribution < 1.29 is 0 Å². The second-order valence-electron chi connectivity index (χ2n) is 25.5. The molecule has 0 radical (unpaired) electrons. The van der Waals surface area contributed by atoms with Crippen LogP contribution in [0.5, 0.6) is 0 Å². The van der Waals surface area contributed by atoms with Crippen molar-refractivity contribution in [2.75, 3.05) is 0 Å². The molecule has 4 aromatic heterocycles. The Balaban J connectivity index is 1.08. The average molecular weight is 1160 g/mol. The van der Waals surface area contributed by atoms with E-state index >= 15 is 0 Å². The van der Waals surface area contributed by atoms with Gasteiger partial charge in [0, 0.05) is 76.6 Å². The van der Waals surface area contributed by atoms with Gasteiger partial charge in [0.2, 0.25) is 6.71 Å². The highest BCUT2D eigenvalue weighted by Gasteiger charge is 2.43. The third kappa shape index (κ3) is 6.68. The molecule has 0 N–H and O–H groups in total. The van der Waals surface area contributed by atoms with Crippen molar-refractivity contribution in [3.63, 3.8) is 0 Å². The Bertz CT molecular complexity index is 5950. The van der Waals surface area contributed by atoms with Crippen LogP contribution < -0.4 is 16.4 Å². The fraction of sp³-hybridized carbons (Fsp3) is 0.0488. The molecular weight excluding hydrogens is 1110 g/mol. The molecule has 0 spiro atoms. The Morgan fingerprint density at radius 2 is 0.648 bits per heavy atom. The standard InChI is InChI=1S/C82H47BN8/c1-82(2,3)49-37-61-59-39-69-75(55-13-5-9-17-65(55)88(69)51-29-21-46(43-84)22-30-51)79-73(59)63(41-71-77(79)57-15-7-11-19-67(57)90(71)52-31-23-47(44-85)24-32-52)83-64-42-72-78(58-16-8-12-20-68(58)91(72)53-33-25-48(45-86)26-34-53)80-74(64)60(62(38-49)81(61)83)40-70-76(80)56-14-6-10-18-66(56)89(70)54-35-27-50(87-4)28-36-54/h5-42H,1-3H3. The number of aromatic nitrogens is 4. The van der Waals surface area contributed by atoms with Crippen molar-refractivity contribution in [1.82, 2.24) is 18.3 Å². The average Bonchev–Trinajstić information content (AvgIpc) is 1.64. The summed E-state index contributed by atoms with van der Waals surface area (Å²) in [5, 5.41) is 44.4. The summed E-state index contributed by atoms with van der Waals surface area (Å²) in [6, 6.07) is 89.5. The number of rotatable bonds is 4. The SMILES string of the molecule is [C-]#[N+]c1ccc(-n2c3ccccc3c3c4c5c(cc6c4c4ccccc4n6-c4ccc(C#N)cc4)B4c6c(cc(C(C)(C)C)cc6-c5cc32)-c2cc3c(c5ccccc5n3-c3ccc(C#N)cc3)c3c2c4cc2c3c3ccccc3n2-c2ccc(C#N)cc2)cc1. The fourth-order valence-electron chi connectivity index (χ4n) is 16.2. The topological polar surface area (TPSA) is 95.4 Å². The third-order valence-electron chi connectivity index (χ3n) is 19.9. The Labute approximate surface area is 522 Å². The first-order valence-corrected chi connectivity index (χ1v) is 30.7. The van der Waals surface area contributed by atoms with Gasteiger partial charge in [-0.15, -0.1) is 0 Å². The van der Waals surface area contributed by atoms with Crippen LogP contribution in [0, 0.1) is 40.6 Å². The lowest BCUT2D eigenvalue weighted by molar-refractivity contribution is 0.591. The molecule has 418 valence electrons. The molecule has 0 saturated carbocycles. The molecule has 19 rings (SSSR count). The zero-order valence-corrected chi connectivity index (χ0v) is 49.6. The van der Waals surface area contributed by atoms with Crippen LogP contribution in [-0.2, 0) is 5.41 Å². The summed E-state index contributed by atoms with van der Waals surface area (Å²) in [7, 11) is 0. The molecule has 6 heterocycles. The van der Waals surface area contributed by atoms with Crippen LogP contribution in [-0.4, -0.2) is 25.0 Å². The van der Waals surface area contributed by atoms with Crippen molar-refractivity contribution in [1.29, 1.82) is 15.8 Å². The molecule has 0 aliphatic carbocycles. The van der Waals surface area contributed by atoms with Gasteiger partial charge in [0.1, 0.15) is 0 Å². The Morgan fingerprint density at radius 3 is 0.956 bits per heavy atom. The Morgan fingerprint density at radius 1 is 0.341 bits per heavy atom. The van der Waals surface area contributed by atoms with E-state index < -0.39 is 0 Å². The van der Waals surface area contributed by atoms with Gasteiger partial charge >= 0.3 is 0 Å². The highest BCUT2D eigenvalue weighted by Crippen LogP contribution is 2.53. The summed E-state index contributed by atoms with van der Waals surface area (Å²) >= 11 is 0. The number of nitrogens with zero attached hydrogens (tertiary/aromatic N) is 8. The fourth-order valence-corrected chi connectivity index (χ4v) is 16.2. The number of fused-ring (bicyclic) bond motifs is 20. The van der Waals surface area contributed by atoms with Gasteiger partial charge < -0.3 is 18.3 Å². The van der Waals surface area contributed by atoms with Crippen LogP contribution in [0.1, 0.15) is 43.0 Å². The predicted molar refractivity (Wildman–Crippen MR) is 373 cm³/mol. The van der Waals surface area contributed by atoms with E-state index in [1.807, 2.05) is 48.5 Å². The quantitative estimate of drug-likeness (QED) is 0.130. The molecule has 0 saturated heterocycles. The van der Waals surface area contributed by atoms with Gasteiger partial charge in [0.25, 0.3) is 0 Å². The van der Waals surface area contributed by atoms with E-state index in [-0.39, 0.29) is 12.1 Å². The van der Waals surface area contributed by atoms with Gasteiger partial charge in [-0.3, -0.25) is 0 Å². The minimum atomic E-state index is -0.297. The summed E-state index contributed by atoms with van der Waals surface area (Å²) in [6.45, 7) is 14.7. The number of hydrogen-bond acceptors (Lipinski definition) is 3. The van der Waals surface area contributed by atoms with Crippen LogP contribution >= 0.6 is 0 Å². The maximum atomic E-state index is 10.2. The van der Waals surface area contributed by atoms with E-state index in [1.54, 1.807) is 0 Å². The first-order valence-electron chi connectivity index (χ1n) is 30.7. The van der Waals surface area contributed by atoms with Gasteiger partial charge in [-0.05, 0) is 177 Å². The first kappa shape index (κ1) is 50.7. The molecule has 17 aromatic rings. The molecule has 0 unspecified atom stereocenters. The molecule has 2 aliphatic rings. The number of para-hydroxylation sites is 4. The number of benzene rings is 13. The maximum absolute atomic E-state index is 10.2. The van der Waals surface area contributed by atoms with E-state index in [0.29, 0.717) is 22.4 Å². The Kier molecular flexibility index (Phi) is 10.1. The normalized spacial score (nSPS) is 12.5. The van der Waals surface area contributed by atoms with Crippen LogP contribution in [0.3, 0.4) is 0 Å². The van der Waals surface area contributed by atoms with Gasteiger partial charge in [-0.25, -0.2) is 4.85 Å². The zero-order valence-electron chi connectivity index (χ0n) is 49.6. The van der Waals surface area contributed by atoms with Crippen molar-refractivity contribution in [3.05, 3.63) is 264 Å². The molecular formula is C82H47BN8. The summed E-state index contributed by atoms with van der Waals surface area (Å²) < 4.78 is 9.65. The predicted octanol–water partition coefficient (Wildman–Crippen LogP) is 18.3. The van der Waals surface area contributed by atoms with E-state index in [1.165, 1.54) is 54.6 Å². The second kappa shape index (κ2) is 18.1. The zero-order chi connectivity index (χ0) is 60.9.